The number of aromatic nitrogens is 4. The Bertz CT molecular complexity index is 1320. The van der Waals surface area contributed by atoms with Gasteiger partial charge in [0.1, 0.15) is 23.0 Å². The van der Waals surface area contributed by atoms with Crippen LogP contribution in [0.1, 0.15) is 34.7 Å². The number of hydrogen-bond acceptors (Lipinski definition) is 6. The first-order valence-electron chi connectivity index (χ1n) is 10.6. The zero-order chi connectivity index (χ0) is 23.4. The zero-order valence-electron chi connectivity index (χ0n) is 18.1. The number of nitrogens with one attached hydrogen (secondary N) is 1. The Kier molecular flexibility index (Phi) is 5.15. The van der Waals surface area contributed by atoms with Crippen LogP contribution in [0.4, 0.5) is 5.82 Å². The molecule has 0 radical (unpaired) electrons. The van der Waals surface area contributed by atoms with E-state index in [2.05, 4.69) is 36.3 Å². The quantitative estimate of drug-likeness (QED) is 0.502. The highest BCUT2D eigenvalue weighted by atomic mass is 79.9. The van der Waals surface area contributed by atoms with Crippen LogP contribution >= 0.6 is 15.9 Å². The lowest BCUT2D eigenvalue weighted by atomic mass is 10.1. The lowest BCUT2D eigenvalue weighted by Gasteiger charge is -2.27. The molecular weight excluding hydrogens is 490 g/mol. The number of halogens is 1. The van der Waals surface area contributed by atoms with Crippen molar-refractivity contribution in [2.45, 2.75) is 45.3 Å². The Labute approximate surface area is 197 Å². The van der Waals surface area contributed by atoms with E-state index in [1.807, 2.05) is 6.92 Å². The number of piperidine rings is 1. The van der Waals surface area contributed by atoms with Crippen molar-refractivity contribution in [2.75, 3.05) is 5.32 Å². The predicted molar refractivity (Wildman–Crippen MR) is 123 cm³/mol. The maximum Gasteiger partial charge on any atom is 0.269 e. The standard InChI is InChI=1S/C22H22BrN7O3/c1-10-6-13-19(21(24)32)28-29(20(13)11(2)25-10)9-18(31)30-14-7-12(14)8-15(30)22(33)27-17-5-3-4-16(23)26-17/h3-6,12,14-15H,7-9H2,1-2H3,(H2,24,32)(H,26,27,33)/t12-,14-,15+/m1/s1. The van der Waals surface area contributed by atoms with Crippen molar-refractivity contribution in [3.8, 4) is 0 Å². The topological polar surface area (TPSA) is 136 Å². The van der Waals surface area contributed by atoms with Gasteiger partial charge in [0.2, 0.25) is 11.8 Å². The molecule has 0 aromatic carbocycles. The van der Waals surface area contributed by atoms with Gasteiger partial charge in [-0.2, -0.15) is 5.10 Å². The molecule has 3 amide bonds. The number of hydrogen-bond donors (Lipinski definition) is 2. The number of carbonyl (C=O) groups excluding carboxylic acids is 3. The number of aryl methyl sites for hydroxylation is 2. The first-order valence-corrected chi connectivity index (χ1v) is 11.4. The van der Waals surface area contributed by atoms with E-state index in [0.29, 0.717) is 39.4 Å². The van der Waals surface area contributed by atoms with E-state index >= 15 is 0 Å². The SMILES string of the molecule is Cc1cc2c(C(N)=O)nn(CC(=O)N3[C@@H]4C[C@@H]4C[C@H]3C(=O)Nc3cccc(Br)n3)c2c(C)n1. The first kappa shape index (κ1) is 21.5. The summed E-state index contributed by atoms with van der Waals surface area (Å²) in [5, 5.41) is 7.71. The van der Waals surface area contributed by atoms with Crippen LogP contribution < -0.4 is 11.1 Å². The maximum atomic E-state index is 13.4. The minimum absolute atomic E-state index is 0.0441. The summed E-state index contributed by atoms with van der Waals surface area (Å²) in [5.74, 6) is -0.427. The van der Waals surface area contributed by atoms with Gasteiger partial charge in [0.15, 0.2) is 5.69 Å². The number of likely N-dealkylation sites (tertiary alicyclic amines) is 1. The molecule has 3 aromatic rings. The van der Waals surface area contributed by atoms with Crippen LogP contribution in [0.5, 0.6) is 0 Å². The van der Waals surface area contributed by atoms with Gasteiger partial charge in [-0.25, -0.2) is 4.98 Å². The van der Waals surface area contributed by atoms with Crippen molar-refractivity contribution in [3.05, 3.63) is 46.0 Å². The van der Waals surface area contributed by atoms with Gasteiger partial charge in [-0.05, 0) is 66.7 Å². The fourth-order valence-corrected chi connectivity index (χ4v) is 5.14. The van der Waals surface area contributed by atoms with E-state index in [9.17, 15) is 14.4 Å². The number of nitrogens with two attached hydrogens (primary N) is 1. The van der Waals surface area contributed by atoms with E-state index < -0.39 is 11.9 Å². The average molecular weight is 512 g/mol. The van der Waals surface area contributed by atoms with Crippen molar-refractivity contribution in [3.63, 3.8) is 0 Å². The first-order chi connectivity index (χ1) is 15.7. The summed E-state index contributed by atoms with van der Waals surface area (Å²) >= 11 is 3.29. The summed E-state index contributed by atoms with van der Waals surface area (Å²) in [6.45, 7) is 3.51. The van der Waals surface area contributed by atoms with Crippen LogP contribution in [-0.4, -0.2) is 54.5 Å². The summed E-state index contributed by atoms with van der Waals surface area (Å²) in [6, 6.07) is 6.44. The van der Waals surface area contributed by atoms with Gasteiger partial charge in [-0.15, -0.1) is 0 Å². The van der Waals surface area contributed by atoms with Gasteiger partial charge in [0, 0.05) is 17.1 Å². The molecule has 3 aromatic heterocycles. The predicted octanol–water partition coefficient (Wildman–Crippen LogP) is 1.93. The Morgan fingerprint density at radius 2 is 2.00 bits per heavy atom. The number of amides is 3. The molecule has 2 aliphatic rings. The third-order valence-corrected chi connectivity index (χ3v) is 6.65. The molecule has 10 nitrogen and oxygen atoms in total. The molecule has 0 unspecified atom stereocenters. The summed E-state index contributed by atoms with van der Waals surface area (Å²) < 4.78 is 2.08. The van der Waals surface area contributed by atoms with Gasteiger partial charge in [-0.1, -0.05) is 6.07 Å². The third kappa shape index (κ3) is 3.86. The van der Waals surface area contributed by atoms with Gasteiger partial charge in [0.05, 0.1) is 11.2 Å². The second kappa shape index (κ2) is 7.91. The van der Waals surface area contributed by atoms with Crippen LogP contribution in [0, 0.1) is 19.8 Å². The van der Waals surface area contributed by atoms with Crippen LogP contribution in [0.2, 0.25) is 0 Å². The Morgan fingerprint density at radius 3 is 2.73 bits per heavy atom. The summed E-state index contributed by atoms with van der Waals surface area (Å²) in [5.41, 5.74) is 7.60. The summed E-state index contributed by atoms with van der Waals surface area (Å²) in [7, 11) is 0. The average Bonchev–Trinajstić information content (AvgIpc) is 3.23. The van der Waals surface area contributed by atoms with Crippen molar-refractivity contribution >= 4 is 50.4 Å². The lowest BCUT2D eigenvalue weighted by Crippen LogP contribution is -2.46. The van der Waals surface area contributed by atoms with E-state index in [1.54, 1.807) is 36.1 Å². The number of nitrogens with zero attached hydrogens (tertiary/aromatic N) is 5. The molecule has 0 bridgehead atoms. The monoisotopic (exact) mass is 511 g/mol. The highest BCUT2D eigenvalue weighted by Crippen LogP contribution is 2.48. The van der Waals surface area contributed by atoms with Gasteiger partial charge in [-0.3, -0.25) is 24.0 Å². The normalized spacial score (nSPS) is 21.2. The van der Waals surface area contributed by atoms with E-state index in [-0.39, 0.29) is 30.1 Å². The Morgan fingerprint density at radius 1 is 1.21 bits per heavy atom. The second-order valence-corrected chi connectivity index (χ2v) is 9.38. The fourth-order valence-electron chi connectivity index (χ4n) is 4.80. The summed E-state index contributed by atoms with van der Waals surface area (Å²) in [4.78, 5) is 48.7. The molecule has 3 N–H and O–H groups in total. The molecule has 33 heavy (non-hydrogen) atoms. The number of pyridine rings is 2. The second-order valence-electron chi connectivity index (χ2n) is 8.57. The largest absolute Gasteiger partial charge is 0.364 e. The molecule has 1 saturated heterocycles. The maximum absolute atomic E-state index is 13.4. The minimum atomic E-state index is -0.668. The van der Waals surface area contributed by atoms with E-state index in [0.717, 1.165) is 12.1 Å². The molecule has 5 rings (SSSR count). The molecule has 4 heterocycles. The van der Waals surface area contributed by atoms with E-state index in [4.69, 9.17) is 5.73 Å². The van der Waals surface area contributed by atoms with Gasteiger partial charge >= 0.3 is 0 Å². The number of anilines is 1. The molecule has 3 atom stereocenters. The van der Waals surface area contributed by atoms with Gasteiger partial charge < -0.3 is 16.0 Å². The van der Waals surface area contributed by atoms with Crippen LogP contribution in [0.3, 0.4) is 0 Å². The highest BCUT2D eigenvalue weighted by Gasteiger charge is 2.56. The van der Waals surface area contributed by atoms with Crippen LogP contribution in [0.15, 0.2) is 28.9 Å². The molecule has 1 aliphatic heterocycles. The number of carbonyl (C=O) groups is 3. The van der Waals surface area contributed by atoms with E-state index in [1.165, 1.54) is 4.68 Å². The number of fused-ring (bicyclic) bond motifs is 2. The van der Waals surface area contributed by atoms with Crippen molar-refractivity contribution in [1.29, 1.82) is 0 Å². The number of primary amides is 1. The van der Waals surface area contributed by atoms with Crippen LogP contribution in [-0.2, 0) is 16.1 Å². The summed E-state index contributed by atoms with van der Waals surface area (Å²) in [6.07, 6.45) is 1.50. The lowest BCUT2D eigenvalue weighted by molar-refractivity contribution is -0.138. The molecule has 0 spiro atoms. The van der Waals surface area contributed by atoms with Gasteiger partial charge in [0.25, 0.3) is 5.91 Å². The third-order valence-electron chi connectivity index (χ3n) is 6.21. The highest BCUT2D eigenvalue weighted by molar-refractivity contribution is 9.10. The minimum Gasteiger partial charge on any atom is -0.364 e. The molecular formula is C22H22BrN7O3. The molecule has 170 valence electrons. The molecule has 2 fully saturated rings. The molecule has 1 saturated carbocycles. The Hall–Kier alpha value is -3.34. The van der Waals surface area contributed by atoms with Crippen molar-refractivity contribution in [1.82, 2.24) is 24.6 Å². The molecule has 11 heteroatoms. The van der Waals surface area contributed by atoms with Crippen LogP contribution in [0.25, 0.3) is 10.9 Å². The molecule has 1 aliphatic carbocycles. The number of rotatable bonds is 5. The fraction of sp³-hybridized carbons (Fsp3) is 0.364. The van der Waals surface area contributed by atoms with Crippen molar-refractivity contribution < 1.29 is 14.4 Å². The zero-order valence-corrected chi connectivity index (χ0v) is 19.7. The Balaban J connectivity index is 1.42. The van der Waals surface area contributed by atoms with Crippen molar-refractivity contribution in [2.24, 2.45) is 11.7 Å². The smallest absolute Gasteiger partial charge is 0.269 e.